The number of carboxylic acids is 1. The molecule has 6 nitrogen and oxygen atoms in total. The summed E-state index contributed by atoms with van der Waals surface area (Å²) < 4.78 is 6.82. The number of amides is 1. The fraction of sp³-hybridized carbons (Fsp3) is 0.722. The maximum absolute atomic E-state index is 13.1. The Morgan fingerprint density at radius 2 is 1.88 bits per heavy atom. The molecular formula is C18H24N2O4S. The van der Waals surface area contributed by atoms with Gasteiger partial charge in [0, 0.05) is 19.9 Å². The third-order valence-electron chi connectivity index (χ3n) is 6.16. The Morgan fingerprint density at radius 1 is 1.28 bits per heavy atom. The molecule has 4 bridgehead atoms. The second kappa shape index (κ2) is 6.36. The minimum atomic E-state index is -0.986. The Morgan fingerprint density at radius 3 is 2.40 bits per heavy atom. The fourth-order valence-corrected chi connectivity index (χ4v) is 6.35. The van der Waals surface area contributed by atoms with Gasteiger partial charge in [-0.05, 0) is 56.3 Å². The minimum Gasteiger partial charge on any atom is -0.477 e. The van der Waals surface area contributed by atoms with Crippen LogP contribution < -0.4 is 4.80 Å². The highest BCUT2D eigenvalue weighted by atomic mass is 32.1. The second-order valence-electron chi connectivity index (χ2n) is 7.98. The van der Waals surface area contributed by atoms with Gasteiger partial charge in [-0.15, -0.1) is 0 Å². The molecule has 136 valence electrons. The molecule has 5 rings (SSSR count). The first kappa shape index (κ1) is 17.0. The molecule has 4 aliphatic rings. The number of carbonyl (C=O) groups excluding carboxylic acids is 1. The number of nitrogens with zero attached hydrogens (tertiary/aromatic N) is 2. The topological polar surface area (TPSA) is 80.9 Å². The number of carboxylic acid groups (broad SMARTS) is 1. The van der Waals surface area contributed by atoms with E-state index in [1.165, 1.54) is 19.3 Å². The van der Waals surface area contributed by atoms with E-state index in [1.54, 1.807) is 17.9 Å². The number of hydrogen-bond donors (Lipinski definition) is 1. The first-order chi connectivity index (χ1) is 12.0. The van der Waals surface area contributed by atoms with Gasteiger partial charge in [-0.3, -0.25) is 4.79 Å². The summed E-state index contributed by atoms with van der Waals surface area (Å²) in [7, 11) is 1.60. The van der Waals surface area contributed by atoms with Crippen LogP contribution in [0.25, 0.3) is 0 Å². The highest BCUT2D eigenvalue weighted by molar-refractivity contribution is 7.11. The molecule has 0 aliphatic heterocycles. The number of rotatable bonds is 5. The highest BCUT2D eigenvalue weighted by Gasteiger charge is 2.54. The molecule has 4 aliphatic carbocycles. The molecule has 4 fully saturated rings. The van der Waals surface area contributed by atoms with Crippen LogP contribution >= 0.6 is 11.3 Å². The summed E-state index contributed by atoms with van der Waals surface area (Å²) in [6.07, 6.45) is 8.30. The molecule has 1 aromatic rings. The van der Waals surface area contributed by atoms with Gasteiger partial charge in [0.1, 0.15) is 4.88 Å². The van der Waals surface area contributed by atoms with E-state index < -0.39 is 5.97 Å². The molecule has 1 aromatic heterocycles. The van der Waals surface area contributed by atoms with Crippen LogP contribution in [-0.2, 0) is 16.1 Å². The molecular weight excluding hydrogens is 340 g/mol. The number of ether oxygens (including phenoxy) is 1. The maximum atomic E-state index is 13.1. The second-order valence-corrected chi connectivity index (χ2v) is 8.99. The Kier molecular flexibility index (Phi) is 4.32. The van der Waals surface area contributed by atoms with E-state index in [1.807, 2.05) is 0 Å². The van der Waals surface area contributed by atoms with Gasteiger partial charge in [0.05, 0.1) is 12.0 Å². The Hall–Kier alpha value is -1.47. The summed E-state index contributed by atoms with van der Waals surface area (Å²) in [6.45, 7) is 0.946. The van der Waals surface area contributed by atoms with Crippen LogP contribution in [0.1, 0.15) is 48.2 Å². The average Bonchev–Trinajstić information content (AvgIpc) is 2.95. The summed E-state index contributed by atoms with van der Waals surface area (Å²) in [5.41, 5.74) is -0.290. The largest absolute Gasteiger partial charge is 0.477 e. The van der Waals surface area contributed by atoms with Crippen LogP contribution in [0, 0.1) is 23.2 Å². The number of hydrogen-bond acceptors (Lipinski definition) is 4. The van der Waals surface area contributed by atoms with Crippen LogP contribution in [-0.4, -0.2) is 35.3 Å². The van der Waals surface area contributed by atoms with E-state index in [4.69, 9.17) is 4.74 Å². The van der Waals surface area contributed by atoms with Crippen molar-refractivity contribution in [3.63, 3.8) is 0 Å². The Labute approximate surface area is 150 Å². The quantitative estimate of drug-likeness (QED) is 0.870. The zero-order valence-electron chi connectivity index (χ0n) is 14.4. The molecule has 0 radical (unpaired) electrons. The summed E-state index contributed by atoms with van der Waals surface area (Å²) >= 11 is 1.07. The van der Waals surface area contributed by atoms with Crippen molar-refractivity contribution in [3.05, 3.63) is 15.9 Å². The molecule has 0 atom stereocenters. The SMILES string of the molecule is COCCn1cc(C(=O)O)sc1=NC(=O)C12CC3CC(CC(C3)C1)C2. The van der Waals surface area contributed by atoms with Gasteiger partial charge in [-0.25, -0.2) is 4.79 Å². The number of methoxy groups -OCH3 is 1. The molecule has 1 heterocycles. The summed E-state index contributed by atoms with van der Waals surface area (Å²) in [5.74, 6) is 1.04. The van der Waals surface area contributed by atoms with E-state index in [0.717, 1.165) is 30.6 Å². The van der Waals surface area contributed by atoms with Crippen LogP contribution in [0.15, 0.2) is 11.2 Å². The molecule has 25 heavy (non-hydrogen) atoms. The lowest BCUT2D eigenvalue weighted by molar-refractivity contribution is -0.142. The molecule has 0 saturated heterocycles. The van der Waals surface area contributed by atoms with Gasteiger partial charge in [-0.2, -0.15) is 4.99 Å². The van der Waals surface area contributed by atoms with E-state index >= 15 is 0 Å². The van der Waals surface area contributed by atoms with Gasteiger partial charge >= 0.3 is 5.97 Å². The van der Waals surface area contributed by atoms with Crippen LogP contribution in [0.3, 0.4) is 0 Å². The number of thiazole rings is 1. The fourth-order valence-electron chi connectivity index (χ4n) is 5.49. The number of aromatic carboxylic acids is 1. The van der Waals surface area contributed by atoms with E-state index in [-0.39, 0.29) is 16.2 Å². The van der Waals surface area contributed by atoms with E-state index in [0.29, 0.717) is 35.7 Å². The number of aromatic nitrogens is 1. The van der Waals surface area contributed by atoms with Crippen molar-refractivity contribution in [2.24, 2.45) is 28.2 Å². The van der Waals surface area contributed by atoms with Gasteiger partial charge in [0.25, 0.3) is 5.91 Å². The van der Waals surface area contributed by atoms with E-state index in [2.05, 4.69) is 4.99 Å². The predicted octanol–water partition coefficient (Wildman–Crippen LogP) is 2.54. The average molecular weight is 364 g/mol. The van der Waals surface area contributed by atoms with Crippen LogP contribution in [0.4, 0.5) is 0 Å². The van der Waals surface area contributed by atoms with Gasteiger partial charge in [-0.1, -0.05) is 11.3 Å². The van der Waals surface area contributed by atoms with Crippen LogP contribution in [0.2, 0.25) is 0 Å². The zero-order chi connectivity index (χ0) is 17.6. The number of carbonyl (C=O) groups is 2. The third-order valence-corrected chi connectivity index (χ3v) is 7.16. The lowest BCUT2D eigenvalue weighted by Gasteiger charge is -2.55. The molecule has 1 N–H and O–H groups in total. The molecule has 4 saturated carbocycles. The van der Waals surface area contributed by atoms with Crippen molar-refractivity contribution in [3.8, 4) is 0 Å². The smallest absolute Gasteiger partial charge is 0.347 e. The van der Waals surface area contributed by atoms with Crippen molar-refractivity contribution in [2.75, 3.05) is 13.7 Å². The highest BCUT2D eigenvalue weighted by Crippen LogP contribution is 2.60. The maximum Gasteiger partial charge on any atom is 0.347 e. The van der Waals surface area contributed by atoms with Crippen molar-refractivity contribution in [2.45, 2.75) is 45.1 Å². The van der Waals surface area contributed by atoms with Gasteiger partial charge in [0.15, 0.2) is 4.80 Å². The predicted molar refractivity (Wildman–Crippen MR) is 92.3 cm³/mol. The lowest BCUT2D eigenvalue weighted by atomic mass is 9.49. The summed E-state index contributed by atoms with van der Waals surface area (Å²) in [5, 5.41) is 9.25. The normalized spacial score (nSPS) is 33.8. The van der Waals surface area contributed by atoms with Crippen molar-refractivity contribution < 1.29 is 19.4 Å². The van der Waals surface area contributed by atoms with Crippen molar-refractivity contribution in [1.82, 2.24) is 4.57 Å². The summed E-state index contributed by atoms with van der Waals surface area (Å²) in [6, 6.07) is 0. The summed E-state index contributed by atoms with van der Waals surface area (Å²) in [4.78, 5) is 29.5. The standard InChI is InChI=1S/C18H24N2O4S/c1-24-3-2-20-10-14(15(21)22)25-17(20)19-16(23)18-7-11-4-12(8-18)6-13(5-11)9-18/h10-13H,2-9H2,1H3,(H,21,22). The molecule has 0 aromatic carbocycles. The Balaban J connectivity index is 1.66. The molecule has 7 heteroatoms. The monoisotopic (exact) mass is 364 g/mol. The molecule has 1 amide bonds. The van der Waals surface area contributed by atoms with Crippen molar-refractivity contribution >= 4 is 23.2 Å². The zero-order valence-corrected chi connectivity index (χ0v) is 15.3. The first-order valence-corrected chi connectivity index (χ1v) is 9.82. The third kappa shape index (κ3) is 3.08. The van der Waals surface area contributed by atoms with Gasteiger partial charge < -0.3 is 14.4 Å². The minimum absolute atomic E-state index is 0.0310. The molecule has 0 unspecified atom stereocenters. The molecule has 0 spiro atoms. The Bertz CT molecular complexity index is 728. The lowest BCUT2D eigenvalue weighted by Crippen LogP contribution is -2.50. The first-order valence-electron chi connectivity index (χ1n) is 9.01. The van der Waals surface area contributed by atoms with Crippen molar-refractivity contribution in [1.29, 1.82) is 0 Å². The van der Waals surface area contributed by atoms with E-state index in [9.17, 15) is 14.7 Å². The van der Waals surface area contributed by atoms with Crippen LogP contribution in [0.5, 0.6) is 0 Å². The van der Waals surface area contributed by atoms with Gasteiger partial charge in [0.2, 0.25) is 0 Å².